The van der Waals surface area contributed by atoms with Crippen molar-refractivity contribution >= 4 is 5.82 Å². The smallest absolute Gasteiger partial charge is 0.218 e. The van der Waals surface area contributed by atoms with Gasteiger partial charge in [-0.25, -0.2) is 15.8 Å². The molecule has 66 valence electrons. The average molecular weight is 170 g/mol. The maximum absolute atomic E-state index is 8.45. The number of hydrogen-bond acceptors (Lipinski definition) is 6. The topological polar surface area (TPSA) is 93.3 Å². The Morgan fingerprint density at radius 2 is 2.42 bits per heavy atom. The normalized spacial score (nSPS) is 9.50. The van der Waals surface area contributed by atoms with Gasteiger partial charge in [0.25, 0.3) is 0 Å². The molecule has 1 rings (SSSR count). The highest BCUT2D eigenvalue weighted by Gasteiger charge is 1.96. The monoisotopic (exact) mass is 170 g/mol. The van der Waals surface area contributed by atoms with Crippen molar-refractivity contribution in [1.82, 2.24) is 9.97 Å². The molecular formula is C6H10N4O2. The van der Waals surface area contributed by atoms with Crippen molar-refractivity contribution in [3.05, 3.63) is 12.4 Å². The Hall–Kier alpha value is -1.40. The van der Waals surface area contributed by atoms with E-state index in [1.165, 1.54) is 12.4 Å². The molecule has 0 saturated carbocycles. The van der Waals surface area contributed by atoms with Gasteiger partial charge in [0.05, 0.1) is 6.61 Å². The number of rotatable bonds is 4. The van der Waals surface area contributed by atoms with E-state index >= 15 is 0 Å². The minimum atomic E-state index is -0.0462. The van der Waals surface area contributed by atoms with E-state index in [0.717, 1.165) is 0 Å². The molecule has 12 heavy (non-hydrogen) atoms. The first-order valence-electron chi connectivity index (χ1n) is 3.39. The van der Waals surface area contributed by atoms with Crippen molar-refractivity contribution < 1.29 is 9.84 Å². The Labute approximate surface area is 69.4 Å². The quantitative estimate of drug-likeness (QED) is 0.402. The minimum Gasteiger partial charge on any atom is -0.475 e. The van der Waals surface area contributed by atoms with Gasteiger partial charge in [-0.1, -0.05) is 0 Å². The number of anilines is 1. The van der Waals surface area contributed by atoms with Crippen molar-refractivity contribution in [3.8, 4) is 5.88 Å². The Balaban J connectivity index is 2.60. The molecule has 4 N–H and O–H groups in total. The fraction of sp³-hybridized carbons (Fsp3) is 0.333. The number of hydrazine groups is 1. The minimum absolute atomic E-state index is 0.0462. The summed E-state index contributed by atoms with van der Waals surface area (Å²) in [6.45, 7) is 0.163. The van der Waals surface area contributed by atoms with Gasteiger partial charge in [-0.2, -0.15) is 0 Å². The van der Waals surface area contributed by atoms with Crippen LogP contribution in [0.4, 0.5) is 5.82 Å². The van der Waals surface area contributed by atoms with Crippen LogP contribution in [0.5, 0.6) is 5.88 Å². The number of aliphatic hydroxyl groups is 1. The van der Waals surface area contributed by atoms with Gasteiger partial charge in [0.15, 0.2) is 0 Å². The van der Waals surface area contributed by atoms with Crippen molar-refractivity contribution in [2.45, 2.75) is 0 Å². The van der Waals surface area contributed by atoms with Gasteiger partial charge < -0.3 is 15.3 Å². The second kappa shape index (κ2) is 4.47. The standard InChI is InChI=1S/C6H10N4O2/c7-10-5-3-6(9-4-8-5)12-2-1-11/h3-4,11H,1-2,7H2,(H,8,9,10). The molecule has 0 saturated heterocycles. The van der Waals surface area contributed by atoms with Crippen LogP contribution in [-0.2, 0) is 0 Å². The Kier molecular flexibility index (Phi) is 3.24. The first-order valence-corrected chi connectivity index (χ1v) is 3.39. The van der Waals surface area contributed by atoms with Crippen LogP contribution >= 0.6 is 0 Å². The van der Waals surface area contributed by atoms with Crippen molar-refractivity contribution in [2.75, 3.05) is 18.6 Å². The second-order valence-electron chi connectivity index (χ2n) is 1.96. The van der Waals surface area contributed by atoms with Crippen LogP contribution in [-0.4, -0.2) is 28.3 Å². The van der Waals surface area contributed by atoms with Gasteiger partial charge in [0.2, 0.25) is 5.88 Å². The van der Waals surface area contributed by atoms with Gasteiger partial charge in [-0.15, -0.1) is 0 Å². The maximum Gasteiger partial charge on any atom is 0.218 e. The molecule has 0 spiro atoms. The largest absolute Gasteiger partial charge is 0.475 e. The summed E-state index contributed by atoms with van der Waals surface area (Å²) in [5.41, 5.74) is 2.35. The van der Waals surface area contributed by atoms with Crippen LogP contribution in [0.3, 0.4) is 0 Å². The molecule has 1 heterocycles. The van der Waals surface area contributed by atoms with Gasteiger partial charge in [-0.3, -0.25) is 0 Å². The SMILES string of the molecule is NNc1cc(OCCO)ncn1. The van der Waals surface area contributed by atoms with Crippen LogP contribution in [0.15, 0.2) is 12.4 Å². The summed E-state index contributed by atoms with van der Waals surface area (Å²) in [6, 6.07) is 1.54. The van der Waals surface area contributed by atoms with Crippen LogP contribution < -0.4 is 16.0 Å². The number of hydrogen-bond donors (Lipinski definition) is 3. The molecule has 0 aliphatic carbocycles. The second-order valence-corrected chi connectivity index (χ2v) is 1.96. The molecule has 0 aliphatic heterocycles. The molecule has 0 radical (unpaired) electrons. The number of aliphatic hydroxyl groups excluding tert-OH is 1. The zero-order valence-corrected chi connectivity index (χ0v) is 6.40. The summed E-state index contributed by atoms with van der Waals surface area (Å²) in [6.07, 6.45) is 1.32. The number of ether oxygens (including phenoxy) is 1. The van der Waals surface area contributed by atoms with Gasteiger partial charge in [-0.05, 0) is 0 Å². The molecule has 0 amide bonds. The number of nitrogens with zero attached hydrogens (tertiary/aromatic N) is 2. The van der Waals surface area contributed by atoms with Crippen molar-refractivity contribution in [3.63, 3.8) is 0 Å². The lowest BCUT2D eigenvalue weighted by molar-refractivity contribution is 0.196. The van der Waals surface area contributed by atoms with Crippen LogP contribution in [0.2, 0.25) is 0 Å². The number of aromatic nitrogens is 2. The van der Waals surface area contributed by atoms with Gasteiger partial charge in [0, 0.05) is 6.07 Å². The van der Waals surface area contributed by atoms with E-state index in [1.807, 2.05) is 0 Å². The first-order chi connectivity index (χ1) is 5.86. The number of nitrogens with one attached hydrogen (secondary N) is 1. The van der Waals surface area contributed by atoms with Crippen molar-refractivity contribution in [2.24, 2.45) is 5.84 Å². The van der Waals surface area contributed by atoms with Crippen LogP contribution in [0.25, 0.3) is 0 Å². The molecule has 0 atom stereocenters. The average Bonchev–Trinajstić information content (AvgIpc) is 2.15. The molecule has 0 aliphatic rings. The molecule has 6 heteroatoms. The molecular weight excluding hydrogens is 160 g/mol. The Bertz CT molecular complexity index is 243. The third kappa shape index (κ3) is 2.33. The fourth-order valence-corrected chi connectivity index (χ4v) is 0.648. The summed E-state index contributed by atoms with van der Waals surface area (Å²) >= 11 is 0. The zero-order chi connectivity index (χ0) is 8.81. The van der Waals surface area contributed by atoms with E-state index in [0.29, 0.717) is 11.7 Å². The highest BCUT2D eigenvalue weighted by atomic mass is 16.5. The van der Waals surface area contributed by atoms with Crippen LogP contribution in [0.1, 0.15) is 0 Å². The summed E-state index contributed by atoms with van der Waals surface area (Å²) in [5, 5.41) is 8.45. The maximum atomic E-state index is 8.45. The number of nitrogen functional groups attached to an aromatic ring is 1. The Morgan fingerprint density at radius 3 is 3.08 bits per heavy atom. The Morgan fingerprint density at radius 1 is 1.58 bits per heavy atom. The fourth-order valence-electron chi connectivity index (χ4n) is 0.648. The van der Waals surface area contributed by atoms with Gasteiger partial charge in [0.1, 0.15) is 18.8 Å². The summed E-state index contributed by atoms with van der Waals surface area (Å²) in [4.78, 5) is 7.56. The van der Waals surface area contributed by atoms with Crippen LogP contribution in [0, 0.1) is 0 Å². The van der Waals surface area contributed by atoms with Gasteiger partial charge >= 0.3 is 0 Å². The van der Waals surface area contributed by atoms with E-state index in [-0.39, 0.29) is 13.2 Å². The predicted octanol–water partition coefficient (Wildman–Crippen LogP) is -0.867. The highest BCUT2D eigenvalue weighted by Crippen LogP contribution is 2.08. The highest BCUT2D eigenvalue weighted by molar-refractivity contribution is 5.35. The molecule has 0 unspecified atom stereocenters. The van der Waals surface area contributed by atoms with E-state index in [2.05, 4.69) is 15.4 Å². The van der Waals surface area contributed by atoms with E-state index in [9.17, 15) is 0 Å². The summed E-state index contributed by atoms with van der Waals surface area (Å²) in [5.74, 6) is 5.95. The lowest BCUT2D eigenvalue weighted by atomic mass is 10.6. The van der Waals surface area contributed by atoms with Crippen molar-refractivity contribution in [1.29, 1.82) is 0 Å². The molecule has 0 fully saturated rings. The molecule has 6 nitrogen and oxygen atoms in total. The molecule has 0 bridgehead atoms. The lowest BCUT2D eigenvalue weighted by Crippen LogP contribution is -2.09. The number of nitrogens with two attached hydrogens (primary N) is 1. The van der Waals surface area contributed by atoms with E-state index < -0.39 is 0 Å². The molecule has 1 aromatic heterocycles. The molecule has 0 aromatic carbocycles. The lowest BCUT2D eigenvalue weighted by Gasteiger charge is -2.03. The first kappa shape index (κ1) is 8.69. The summed E-state index contributed by atoms with van der Waals surface area (Å²) < 4.78 is 5.00. The zero-order valence-electron chi connectivity index (χ0n) is 6.40. The predicted molar refractivity (Wildman–Crippen MR) is 42.4 cm³/mol. The third-order valence-electron chi connectivity index (χ3n) is 1.13. The summed E-state index contributed by atoms with van der Waals surface area (Å²) in [7, 11) is 0. The molecule has 1 aromatic rings. The van der Waals surface area contributed by atoms with E-state index in [4.69, 9.17) is 15.7 Å². The van der Waals surface area contributed by atoms with E-state index in [1.54, 1.807) is 0 Å². The third-order valence-corrected chi connectivity index (χ3v) is 1.13.